The molecule has 1 aromatic carbocycles. The van der Waals surface area contributed by atoms with Gasteiger partial charge in [0.05, 0.1) is 17.7 Å². The summed E-state index contributed by atoms with van der Waals surface area (Å²) in [6, 6.07) is 3.82. The molecule has 0 spiro atoms. The van der Waals surface area contributed by atoms with Gasteiger partial charge in [-0.1, -0.05) is 38.5 Å². The van der Waals surface area contributed by atoms with E-state index in [0.29, 0.717) is 56.0 Å². The minimum Gasteiger partial charge on any atom is -0.477 e. The molecule has 8 nitrogen and oxygen atoms in total. The number of nitrogens with zero attached hydrogens (tertiary/aromatic N) is 4. The second-order valence-corrected chi connectivity index (χ2v) is 12.3. The molecular formula is C31H41FN4O4. The lowest BCUT2D eigenvalue weighted by atomic mass is 9.88. The zero-order valence-electron chi connectivity index (χ0n) is 23.3. The van der Waals surface area contributed by atoms with Gasteiger partial charge < -0.3 is 19.5 Å². The lowest BCUT2D eigenvalue weighted by molar-refractivity contribution is -0.139. The number of pyridine rings is 1. The fourth-order valence-electron chi connectivity index (χ4n) is 7.25. The summed E-state index contributed by atoms with van der Waals surface area (Å²) in [6.45, 7) is 2.92. The van der Waals surface area contributed by atoms with E-state index >= 15 is 4.39 Å². The fraction of sp³-hybridized carbons (Fsp3) is 0.645. The number of rotatable bonds is 7. The predicted molar refractivity (Wildman–Crippen MR) is 153 cm³/mol. The molecule has 0 atom stereocenters. The van der Waals surface area contributed by atoms with E-state index in [0.717, 1.165) is 38.5 Å². The lowest BCUT2D eigenvalue weighted by Crippen LogP contribution is -2.54. The third-order valence-electron chi connectivity index (χ3n) is 9.57. The van der Waals surface area contributed by atoms with Crippen LogP contribution in [0, 0.1) is 5.82 Å². The van der Waals surface area contributed by atoms with Crippen LogP contribution in [0.4, 0.5) is 10.1 Å². The molecule has 0 unspecified atom stereocenters. The molecule has 1 aromatic heterocycles. The largest absolute Gasteiger partial charge is 0.477 e. The van der Waals surface area contributed by atoms with Crippen molar-refractivity contribution in [3.05, 3.63) is 39.9 Å². The predicted octanol–water partition coefficient (Wildman–Crippen LogP) is 4.79. The number of fused-ring (bicyclic) bond motifs is 1. The van der Waals surface area contributed by atoms with E-state index in [-0.39, 0.29) is 22.9 Å². The van der Waals surface area contributed by atoms with Crippen molar-refractivity contribution in [2.45, 2.75) is 95.2 Å². The molecule has 1 aliphatic heterocycles. The molecule has 0 radical (unpaired) electrons. The topological polar surface area (TPSA) is 86.1 Å². The van der Waals surface area contributed by atoms with Gasteiger partial charge in [0.25, 0.3) is 0 Å². The van der Waals surface area contributed by atoms with Crippen molar-refractivity contribution in [1.82, 2.24) is 14.4 Å². The molecule has 4 fully saturated rings. The maximum atomic E-state index is 15.4. The van der Waals surface area contributed by atoms with E-state index in [1.54, 1.807) is 6.07 Å². The van der Waals surface area contributed by atoms with Crippen LogP contribution in [0.5, 0.6) is 0 Å². The van der Waals surface area contributed by atoms with Crippen LogP contribution < -0.4 is 10.3 Å². The summed E-state index contributed by atoms with van der Waals surface area (Å²) in [7, 11) is 0. The van der Waals surface area contributed by atoms with Gasteiger partial charge in [0.15, 0.2) is 0 Å². The average Bonchev–Trinajstić information content (AvgIpc) is 3.80. The van der Waals surface area contributed by atoms with Crippen molar-refractivity contribution >= 4 is 28.5 Å². The quantitative estimate of drug-likeness (QED) is 0.532. The molecule has 0 bridgehead atoms. The normalized spacial score (nSPS) is 21.6. The van der Waals surface area contributed by atoms with Gasteiger partial charge in [-0.3, -0.25) is 14.5 Å². The molecule has 216 valence electrons. The fourth-order valence-corrected chi connectivity index (χ4v) is 7.25. The van der Waals surface area contributed by atoms with Crippen molar-refractivity contribution in [3.8, 4) is 0 Å². The molecule has 6 rings (SSSR count). The smallest absolute Gasteiger partial charge is 0.341 e. The average molecular weight is 553 g/mol. The third kappa shape index (κ3) is 5.49. The maximum absolute atomic E-state index is 15.4. The Balaban J connectivity index is 1.17. The van der Waals surface area contributed by atoms with Crippen molar-refractivity contribution in [2.24, 2.45) is 0 Å². The van der Waals surface area contributed by atoms with Gasteiger partial charge in [0.1, 0.15) is 11.4 Å². The van der Waals surface area contributed by atoms with Crippen LogP contribution >= 0.6 is 0 Å². The zero-order chi connectivity index (χ0) is 27.8. The summed E-state index contributed by atoms with van der Waals surface area (Å²) in [6.07, 6.45) is 15.1. The number of aromatic carboxylic acids is 1. The van der Waals surface area contributed by atoms with E-state index in [4.69, 9.17) is 0 Å². The highest BCUT2D eigenvalue weighted by molar-refractivity contribution is 5.93. The van der Waals surface area contributed by atoms with Gasteiger partial charge in [-0.05, 0) is 50.7 Å². The van der Waals surface area contributed by atoms with Crippen LogP contribution in [0.3, 0.4) is 0 Å². The van der Waals surface area contributed by atoms with E-state index < -0.39 is 17.2 Å². The van der Waals surface area contributed by atoms with Crippen LogP contribution in [-0.4, -0.2) is 76.2 Å². The van der Waals surface area contributed by atoms with Gasteiger partial charge in [0, 0.05) is 55.9 Å². The number of hydrogen-bond acceptors (Lipinski definition) is 5. The Hall–Kier alpha value is -2.94. The summed E-state index contributed by atoms with van der Waals surface area (Å²) in [5.41, 5.74) is 0.0532. The molecule has 2 aromatic rings. The lowest BCUT2D eigenvalue weighted by Gasteiger charge is -2.43. The Kier molecular flexibility index (Phi) is 7.84. The summed E-state index contributed by atoms with van der Waals surface area (Å²) in [4.78, 5) is 44.6. The number of aromatic nitrogens is 1. The van der Waals surface area contributed by atoms with Gasteiger partial charge in [-0.15, -0.1) is 0 Å². The highest BCUT2D eigenvalue weighted by Crippen LogP contribution is 2.38. The number of carbonyl (C=O) groups is 2. The van der Waals surface area contributed by atoms with Crippen molar-refractivity contribution in [1.29, 1.82) is 0 Å². The first-order valence-electron chi connectivity index (χ1n) is 15.3. The van der Waals surface area contributed by atoms with Crippen LogP contribution in [-0.2, 0) is 4.79 Å². The number of carbonyl (C=O) groups excluding carboxylic acids is 1. The number of amides is 1. The molecule has 1 N–H and O–H groups in total. The Morgan fingerprint density at radius 2 is 1.48 bits per heavy atom. The van der Waals surface area contributed by atoms with Gasteiger partial charge in [0.2, 0.25) is 11.3 Å². The van der Waals surface area contributed by atoms with Crippen molar-refractivity contribution in [3.63, 3.8) is 0 Å². The highest BCUT2D eigenvalue weighted by atomic mass is 19.1. The molecule has 9 heteroatoms. The summed E-state index contributed by atoms with van der Waals surface area (Å²) in [5.74, 6) is -1.55. The molecule has 1 amide bonds. The number of anilines is 1. The van der Waals surface area contributed by atoms with Crippen molar-refractivity contribution < 1.29 is 19.1 Å². The Bertz CT molecular complexity index is 1300. The third-order valence-corrected chi connectivity index (χ3v) is 9.57. The first-order valence-corrected chi connectivity index (χ1v) is 15.3. The molecule has 3 saturated carbocycles. The monoisotopic (exact) mass is 552 g/mol. The van der Waals surface area contributed by atoms with Crippen LogP contribution in [0.25, 0.3) is 10.9 Å². The zero-order valence-corrected chi connectivity index (χ0v) is 23.3. The standard InChI is InChI=1S/C31H41FN4O4/c32-26-17-24-27(35(21-11-12-21)19-25(30(24)38)31(39)40)18-28(26)34-15-13-33(14-16-34)20-29(37)36(22-7-3-1-4-8-22)23-9-5-2-6-10-23/h17-19,21-23H,1-16,20H2,(H,39,40). The van der Waals surface area contributed by atoms with E-state index in [9.17, 15) is 19.5 Å². The summed E-state index contributed by atoms with van der Waals surface area (Å²) in [5, 5.41) is 9.62. The second kappa shape index (κ2) is 11.5. The summed E-state index contributed by atoms with van der Waals surface area (Å²) < 4.78 is 17.2. The number of carboxylic acid groups (broad SMARTS) is 1. The van der Waals surface area contributed by atoms with Crippen molar-refractivity contribution in [2.75, 3.05) is 37.6 Å². The molecule has 3 aliphatic carbocycles. The van der Waals surface area contributed by atoms with E-state index in [1.165, 1.54) is 50.8 Å². The van der Waals surface area contributed by atoms with Crippen LogP contribution in [0.2, 0.25) is 0 Å². The summed E-state index contributed by atoms with van der Waals surface area (Å²) >= 11 is 0. The second-order valence-electron chi connectivity index (χ2n) is 12.3. The number of piperazine rings is 1. The number of halogens is 1. The van der Waals surface area contributed by atoms with Gasteiger partial charge >= 0.3 is 5.97 Å². The number of benzene rings is 1. The Labute approximate surface area is 234 Å². The molecule has 2 heterocycles. The molecular weight excluding hydrogens is 511 g/mol. The first kappa shape index (κ1) is 27.2. The SMILES string of the molecule is O=C(O)c1cn(C2CC2)c2cc(N3CCN(CC(=O)N(C4CCCCC4)C4CCCCC4)CC3)c(F)cc2c1=O. The van der Waals surface area contributed by atoms with E-state index in [1.807, 2.05) is 9.47 Å². The van der Waals surface area contributed by atoms with Gasteiger partial charge in [-0.2, -0.15) is 0 Å². The minimum absolute atomic E-state index is 0.114. The maximum Gasteiger partial charge on any atom is 0.341 e. The molecule has 4 aliphatic rings. The number of carboxylic acids is 1. The Morgan fingerprint density at radius 3 is 2.02 bits per heavy atom. The molecule has 40 heavy (non-hydrogen) atoms. The van der Waals surface area contributed by atoms with E-state index in [2.05, 4.69) is 9.80 Å². The van der Waals surface area contributed by atoms with Crippen LogP contribution in [0.15, 0.2) is 23.1 Å². The Morgan fingerprint density at radius 1 is 0.875 bits per heavy atom. The van der Waals surface area contributed by atoms with Gasteiger partial charge in [-0.25, -0.2) is 9.18 Å². The molecule has 1 saturated heterocycles. The highest BCUT2D eigenvalue weighted by Gasteiger charge is 2.34. The van der Waals surface area contributed by atoms with Crippen LogP contribution in [0.1, 0.15) is 93.4 Å². The minimum atomic E-state index is -1.29. The number of hydrogen-bond donors (Lipinski definition) is 1. The first-order chi connectivity index (χ1) is 19.4.